The third-order valence-corrected chi connectivity index (χ3v) is 4.59. The fraction of sp³-hybridized carbons (Fsp3) is 0.350. The predicted octanol–water partition coefficient (Wildman–Crippen LogP) is 3.92. The SMILES string of the molecule is O=C(ONCc1ccccc1)N1CCC(Cc2ccc(F)cc2)CC1. The summed E-state index contributed by atoms with van der Waals surface area (Å²) in [4.78, 5) is 19.0. The summed E-state index contributed by atoms with van der Waals surface area (Å²) < 4.78 is 13.0. The Bertz CT molecular complexity index is 668. The first-order valence-electron chi connectivity index (χ1n) is 8.67. The van der Waals surface area contributed by atoms with Crippen molar-refractivity contribution in [1.82, 2.24) is 10.4 Å². The Morgan fingerprint density at radius 2 is 1.72 bits per heavy atom. The number of amides is 1. The molecule has 0 saturated carbocycles. The number of nitrogens with zero attached hydrogens (tertiary/aromatic N) is 1. The lowest BCUT2D eigenvalue weighted by atomic mass is 9.90. The highest BCUT2D eigenvalue weighted by atomic mass is 19.1. The number of hydrogen-bond acceptors (Lipinski definition) is 3. The minimum absolute atomic E-state index is 0.204. The van der Waals surface area contributed by atoms with Crippen molar-refractivity contribution in [2.75, 3.05) is 13.1 Å². The highest BCUT2D eigenvalue weighted by molar-refractivity contribution is 5.67. The van der Waals surface area contributed by atoms with Crippen LogP contribution in [0.5, 0.6) is 0 Å². The molecule has 2 aromatic rings. The average Bonchev–Trinajstić information content (AvgIpc) is 2.65. The molecule has 1 amide bonds. The Balaban J connectivity index is 1.38. The molecule has 4 nitrogen and oxygen atoms in total. The minimum Gasteiger partial charge on any atom is -0.353 e. The molecule has 1 fully saturated rings. The number of halogens is 1. The molecule has 1 aliphatic heterocycles. The first-order chi connectivity index (χ1) is 12.2. The van der Waals surface area contributed by atoms with E-state index in [2.05, 4.69) is 5.48 Å². The minimum atomic E-state index is -0.323. The molecule has 0 aliphatic carbocycles. The summed E-state index contributed by atoms with van der Waals surface area (Å²) in [5.41, 5.74) is 4.94. The average molecular weight is 342 g/mol. The van der Waals surface area contributed by atoms with Crippen LogP contribution < -0.4 is 5.48 Å². The highest BCUT2D eigenvalue weighted by Crippen LogP contribution is 2.22. The molecule has 5 heteroatoms. The van der Waals surface area contributed by atoms with E-state index < -0.39 is 0 Å². The Kier molecular flexibility index (Phi) is 6.01. The molecular weight excluding hydrogens is 319 g/mol. The van der Waals surface area contributed by atoms with Gasteiger partial charge in [0.05, 0.1) is 6.54 Å². The zero-order chi connectivity index (χ0) is 17.5. The quantitative estimate of drug-likeness (QED) is 0.838. The van der Waals surface area contributed by atoms with Crippen molar-refractivity contribution in [2.24, 2.45) is 5.92 Å². The van der Waals surface area contributed by atoms with Gasteiger partial charge in [-0.2, -0.15) is 0 Å². The molecule has 0 unspecified atom stereocenters. The first kappa shape index (κ1) is 17.4. The van der Waals surface area contributed by atoms with Crippen LogP contribution in [0.15, 0.2) is 54.6 Å². The maximum absolute atomic E-state index is 13.0. The zero-order valence-electron chi connectivity index (χ0n) is 14.2. The lowest BCUT2D eigenvalue weighted by molar-refractivity contribution is 0.0433. The number of carbonyl (C=O) groups is 1. The molecule has 0 bridgehead atoms. The van der Waals surface area contributed by atoms with Crippen molar-refractivity contribution in [3.63, 3.8) is 0 Å². The van der Waals surface area contributed by atoms with Crippen molar-refractivity contribution >= 4 is 6.09 Å². The van der Waals surface area contributed by atoms with Gasteiger partial charge in [0.25, 0.3) is 0 Å². The Morgan fingerprint density at radius 3 is 2.40 bits per heavy atom. The number of hydrogen-bond donors (Lipinski definition) is 1. The van der Waals surface area contributed by atoms with Gasteiger partial charge < -0.3 is 9.74 Å². The monoisotopic (exact) mass is 342 g/mol. The van der Waals surface area contributed by atoms with Crippen LogP contribution >= 0.6 is 0 Å². The fourth-order valence-corrected chi connectivity index (χ4v) is 3.12. The maximum atomic E-state index is 13.0. The first-order valence-corrected chi connectivity index (χ1v) is 8.67. The standard InChI is InChI=1S/C20H23FN2O2/c21-19-8-6-16(7-9-19)14-17-10-12-23(13-11-17)20(24)25-22-15-18-4-2-1-3-5-18/h1-9,17,22H,10-15H2. The van der Waals surface area contributed by atoms with Crippen LogP contribution in [0.3, 0.4) is 0 Å². The van der Waals surface area contributed by atoms with E-state index in [1.807, 2.05) is 42.5 Å². The van der Waals surface area contributed by atoms with Gasteiger partial charge in [-0.05, 0) is 48.4 Å². The summed E-state index contributed by atoms with van der Waals surface area (Å²) in [6.07, 6.45) is 2.47. The summed E-state index contributed by atoms with van der Waals surface area (Å²) in [5, 5.41) is 0. The van der Waals surface area contributed by atoms with E-state index in [0.29, 0.717) is 25.6 Å². The molecule has 3 rings (SSSR count). The molecule has 0 aromatic heterocycles. The molecule has 1 aliphatic rings. The smallest absolute Gasteiger partial charge is 0.353 e. The fourth-order valence-electron chi connectivity index (χ4n) is 3.12. The van der Waals surface area contributed by atoms with Crippen LogP contribution in [0.25, 0.3) is 0 Å². The largest absolute Gasteiger partial charge is 0.428 e. The highest BCUT2D eigenvalue weighted by Gasteiger charge is 2.24. The number of piperidine rings is 1. The zero-order valence-corrected chi connectivity index (χ0v) is 14.2. The lowest BCUT2D eigenvalue weighted by Crippen LogP contribution is -2.41. The molecule has 0 atom stereocenters. The summed E-state index contributed by atoms with van der Waals surface area (Å²) in [5.74, 6) is 0.316. The second-order valence-corrected chi connectivity index (χ2v) is 6.44. The van der Waals surface area contributed by atoms with Crippen LogP contribution in [0.1, 0.15) is 24.0 Å². The van der Waals surface area contributed by atoms with Gasteiger partial charge in [0.2, 0.25) is 0 Å². The number of hydroxylamine groups is 1. The van der Waals surface area contributed by atoms with Gasteiger partial charge in [-0.1, -0.05) is 42.5 Å². The van der Waals surface area contributed by atoms with Crippen molar-refractivity contribution in [3.8, 4) is 0 Å². The van der Waals surface area contributed by atoms with Crippen molar-refractivity contribution in [3.05, 3.63) is 71.5 Å². The molecule has 1 heterocycles. The van der Waals surface area contributed by atoms with Gasteiger partial charge in [-0.15, -0.1) is 5.48 Å². The third-order valence-electron chi connectivity index (χ3n) is 4.59. The van der Waals surface area contributed by atoms with Crippen molar-refractivity contribution < 1.29 is 14.0 Å². The van der Waals surface area contributed by atoms with Gasteiger partial charge in [0.1, 0.15) is 5.82 Å². The van der Waals surface area contributed by atoms with E-state index in [4.69, 9.17) is 4.84 Å². The Hall–Kier alpha value is -2.40. The summed E-state index contributed by atoms with van der Waals surface area (Å²) >= 11 is 0. The second-order valence-electron chi connectivity index (χ2n) is 6.44. The van der Waals surface area contributed by atoms with E-state index in [9.17, 15) is 9.18 Å². The van der Waals surface area contributed by atoms with Gasteiger partial charge in [0.15, 0.2) is 0 Å². The molecule has 132 valence electrons. The van der Waals surface area contributed by atoms with Crippen molar-refractivity contribution in [1.29, 1.82) is 0 Å². The van der Waals surface area contributed by atoms with E-state index in [-0.39, 0.29) is 11.9 Å². The van der Waals surface area contributed by atoms with Crippen LogP contribution in [0.2, 0.25) is 0 Å². The third kappa shape index (κ3) is 5.29. The normalized spacial score (nSPS) is 15.2. The van der Waals surface area contributed by atoms with E-state index in [1.165, 1.54) is 12.1 Å². The number of benzene rings is 2. The molecule has 25 heavy (non-hydrogen) atoms. The Morgan fingerprint density at radius 1 is 1.04 bits per heavy atom. The topological polar surface area (TPSA) is 41.6 Å². The Labute approximate surface area is 147 Å². The summed E-state index contributed by atoms with van der Waals surface area (Å²) in [7, 11) is 0. The predicted molar refractivity (Wildman–Crippen MR) is 94.2 cm³/mol. The van der Waals surface area contributed by atoms with E-state index in [1.54, 1.807) is 4.90 Å². The van der Waals surface area contributed by atoms with Crippen LogP contribution in [0.4, 0.5) is 9.18 Å². The molecule has 0 radical (unpaired) electrons. The van der Waals surface area contributed by atoms with Crippen LogP contribution in [0, 0.1) is 11.7 Å². The number of likely N-dealkylation sites (tertiary alicyclic amines) is 1. The molecule has 1 saturated heterocycles. The van der Waals surface area contributed by atoms with Crippen LogP contribution in [-0.4, -0.2) is 24.1 Å². The molecular formula is C20H23FN2O2. The summed E-state index contributed by atoms with van der Waals surface area (Å²) in [6, 6.07) is 16.5. The van der Waals surface area contributed by atoms with Gasteiger partial charge >= 0.3 is 6.09 Å². The number of carbonyl (C=O) groups excluding carboxylic acids is 1. The number of rotatable bonds is 5. The number of nitrogens with one attached hydrogen (secondary N) is 1. The molecule has 1 N–H and O–H groups in total. The maximum Gasteiger partial charge on any atom is 0.428 e. The molecule has 2 aromatic carbocycles. The van der Waals surface area contributed by atoms with E-state index >= 15 is 0 Å². The lowest BCUT2D eigenvalue weighted by Gasteiger charge is -2.31. The van der Waals surface area contributed by atoms with Crippen molar-refractivity contribution in [2.45, 2.75) is 25.8 Å². The van der Waals surface area contributed by atoms with Crippen LogP contribution in [-0.2, 0) is 17.8 Å². The second kappa shape index (κ2) is 8.62. The van der Waals surface area contributed by atoms with Gasteiger partial charge in [-0.25, -0.2) is 9.18 Å². The van der Waals surface area contributed by atoms with Gasteiger partial charge in [-0.3, -0.25) is 0 Å². The van der Waals surface area contributed by atoms with Gasteiger partial charge in [0, 0.05) is 13.1 Å². The molecule has 0 spiro atoms. The summed E-state index contributed by atoms with van der Waals surface area (Å²) in [6.45, 7) is 1.88. The van der Waals surface area contributed by atoms with E-state index in [0.717, 1.165) is 30.4 Å².